The van der Waals surface area contributed by atoms with E-state index in [-0.39, 0.29) is 20.4 Å². The second-order valence-electron chi connectivity index (χ2n) is 3.87. The van der Waals surface area contributed by atoms with Gasteiger partial charge >= 0.3 is 5.97 Å². The largest absolute Gasteiger partial charge is 0.465 e. The Labute approximate surface area is 125 Å². The van der Waals surface area contributed by atoms with Crippen LogP contribution in [0.2, 0.25) is 0 Å². The van der Waals surface area contributed by atoms with Gasteiger partial charge in [0.2, 0.25) is 16.2 Å². The first-order chi connectivity index (χ1) is 10.0. The quantitative estimate of drug-likeness (QED) is 0.670. The zero-order valence-corrected chi connectivity index (χ0v) is 12.5. The fourth-order valence-electron chi connectivity index (χ4n) is 1.77. The molecule has 1 amide bonds. The lowest BCUT2D eigenvalue weighted by atomic mass is 10.2. The molecule has 2 rings (SSSR count). The first kappa shape index (κ1) is 15.2. The molecule has 0 fully saturated rings. The van der Waals surface area contributed by atoms with Gasteiger partial charge in [0.05, 0.1) is 17.6 Å². The van der Waals surface area contributed by atoms with E-state index >= 15 is 0 Å². The molecule has 0 bridgehead atoms. The number of methoxy groups -OCH3 is 1. The van der Waals surface area contributed by atoms with Crippen LogP contribution in [0.25, 0.3) is 0 Å². The van der Waals surface area contributed by atoms with E-state index in [9.17, 15) is 18.0 Å². The fraction of sp³-hybridized carbons (Fsp3) is 0.0769. The Bertz CT molecular complexity index is 779. The molecule has 1 aromatic carbocycles. The van der Waals surface area contributed by atoms with Gasteiger partial charge in [0.1, 0.15) is 9.90 Å². The van der Waals surface area contributed by atoms with Crippen molar-refractivity contribution >= 4 is 38.6 Å². The van der Waals surface area contributed by atoms with Gasteiger partial charge in [0, 0.05) is 0 Å². The van der Waals surface area contributed by atoms with E-state index in [4.69, 9.17) is 0 Å². The molecule has 0 saturated carbocycles. The highest BCUT2D eigenvalue weighted by Gasteiger charge is 2.27. The molecular weight excluding hydrogens is 314 g/mol. The lowest BCUT2D eigenvalue weighted by molar-refractivity contribution is -0.105. The zero-order chi connectivity index (χ0) is 15.5. The van der Waals surface area contributed by atoms with Crippen molar-refractivity contribution in [3.8, 4) is 0 Å². The summed E-state index contributed by atoms with van der Waals surface area (Å²) in [5.74, 6) is -0.741. The number of carbonyl (C=O) groups is 2. The van der Waals surface area contributed by atoms with Crippen LogP contribution in [0.4, 0.5) is 5.00 Å². The van der Waals surface area contributed by atoms with E-state index in [2.05, 4.69) is 10.1 Å². The second-order valence-corrected chi connectivity index (χ2v) is 6.67. The molecule has 0 atom stereocenters. The molecule has 0 radical (unpaired) electrons. The van der Waals surface area contributed by atoms with Crippen LogP contribution in [-0.4, -0.2) is 27.9 Å². The summed E-state index contributed by atoms with van der Waals surface area (Å²) in [6.45, 7) is 0. The Hall–Kier alpha value is -2.19. The Kier molecular flexibility index (Phi) is 4.39. The molecule has 1 heterocycles. The maximum Gasteiger partial charge on any atom is 0.339 e. The minimum Gasteiger partial charge on any atom is -0.465 e. The molecular formula is C13H11NO5S2. The van der Waals surface area contributed by atoms with Gasteiger partial charge in [-0.1, -0.05) is 12.1 Å². The SMILES string of the molecule is COC(=O)c1ccccc1S(=O)(=O)c1ccsc1NC=O. The number of amides is 1. The molecule has 2 aromatic rings. The van der Waals surface area contributed by atoms with Gasteiger partial charge in [-0.2, -0.15) is 0 Å². The molecule has 0 unspecified atom stereocenters. The van der Waals surface area contributed by atoms with E-state index in [1.165, 1.54) is 31.4 Å². The van der Waals surface area contributed by atoms with Gasteiger partial charge in [-0.25, -0.2) is 13.2 Å². The molecule has 0 spiro atoms. The van der Waals surface area contributed by atoms with Crippen molar-refractivity contribution in [3.63, 3.8) is 0 Å². The van der Waals surface area contributed by atoms with Crippen LogP contribution in [0.5, 0.6) is 0 Å². The second kappa shape index (κ2) is 6.06. The molecule has 1 N–H and O–H groups in total. The Morgan fingerprint density at radius 3 is 2.62 bits per heavy atom. The highest BCUT2D eigenvalue weighted by Crippen LogP contribution is 2.33. The minimum atomic E-state index is -3.95. The van der Waals surface area contributed by atoms with E-state index < -0.39 is 15.8 Å². The number of carbonyl (C=O) groups excluding carboxylic acids is 2. The van der Waals surface area contributed by atoms with E-state index in [0.29, 0.717) is 6.41 Å². The summed E-state index contributed by atoms with van der Waals surface area (Å²) in [6, 6.07) is 7.13. The van der Waals surface area contributed by atoms with Crippen LogP contribution in [0.3, 0.4) is 0 Å². The summed E-state index contributed by atoms with van der Waals surface area (Å²) in [5, 5.41) is 4.08. The third-order valence-electron chi connectivity index (χ3n) is 2.69. The lowest BCUT2D eigenvalue weighted by Gasteiger charge is -2.09. The standard InChI is InChI=1S/C13H11NO5S2/c1-19-13(16)9-4-2-3-5-10(9)21(17,18)11-6-7-20-12(11)14-8-15/h2-8H,1H3,(H,14,15). The third-order valence-corrected chi connectivity index (χ3v) is 5.52. The van der Waals surface area contributed by atoms with Gasteiger partial charge < -0.3 is 10.1 Å². The fourth-order valence-corrected chi connectivity index (χ4v) is 4.45. The Balaban J connectivity index is 2.62. The number of ether oxygens (including phenoxy) is 1. The predicted octanol–water partition coefficient (Wildman–Crippen LogP) is 1.94. The van der Waals surface area contributed by atoms with E-state index in [1.54, 1.807) is 11.4 Å². The maximum atomic E-state index is 12.7. The summed E-state index contributed by atoms with van der Waals surface area (Å²) in [5.41, 5.74) is -0.0525. The highest BCUT2D eigenvalue weighted by molar-refractivity contribution is 7.92. The minimum absolute atomic E-state index is 0.0525. The first-order valence-electron chi connectivity index (χ1n) is 5.72. The van der Waals surface area contributed by atoms with Crippen LogP contribution in [0.1, 0.15) is 10.4 Å². The summed E-state index contributed by atoms with van der Waals surface area (Å²) in [6.07, 6.45) is 0.400. The molecule has 0 saturated heterocycles. The average Bonchev–Trinajstić information content (AvgIpc) is 2.96. The third kappa shape index (κ3) is 2.81. The normalized spacial score (nSPS) is 10.9. The van der Waals surface area contributed by atoms with Crippen molar-refractivity contribution in [1.29, 1.82) is 0 Å². The Morgan fingerprint density at radius 2 is 1.95 bits per heavy atom. The molecule has 6 nitrogen and oxygen atoms in total. The van der Waals surface area contributed by atoms with Crippen LogP contribution < -0.4 is 5.32 Å². The van der Waals surface area contributed by atoms with Crippen LogP contribution >= 0.6 is 11.3 Å². The van der Waals surface area contributed by atoms with Crippen molar-refractivity contribution in [2.75, 3.05) is 12.4 Å². The number of hydrogen-bond donors (Lipinski definition) is 1. The number of sulfone groups is 1. The first-order valence-corrected chi connectivity index (χ1v) is 8.08. The summed E-state index contributed by atoms with van der Waals surface area (Å²) in [4.78, 5) is 22.0. The maximum absolute atomic E-state index is 12.7. The number of rotatable bonds is 5. The molecule has 1 aromatic heterocycles. The molecule has 0 aliphatic heterocycles. The number of esters is 1. The van der Waals surface area contributed by atoms with Crippen molar-refractivity contribution < 1.29 is 22.7 Å². The van der Waals surface area contributed by atoms with Crippen LogP contribution in [-0.2, 0) is 19.4 Å². The van der Waals surface area contributed by atoms with Crippen molar-refractivity contribution in [1.82, 2.24) is 0 Å². The van der Waals surface area contributed by atoms with Gasteiger partial charge in [0.15, 0.2) is 0 Å². The van der Waals surface area contributed by atoms with Crippen molar-refractivity contribution in [2.45, 2.75) is 9.79 Å². The van der Waals surface area contributed by atoms with Gasteiger partial charge in [0.25, 0.3) is 0 Å². The van der Waals surface area contributed by atoms with Gasteiger partial charge in [-0.15, -0.1) is 11.3 Å². The number of hydrogen-bond acceptors (Lipinski definition) is 6. The molecule has 0 aliphatic rings. The van der Waals surface area contributed by atoms with E-state index in [0.717, 1.165) is 11.3 Å². The molecule has 0 aliphatic carbocycles. The van der Waals surface area contributed by atoms with Crippen LogP contribution in [0, 0.1) is 0 Å². The summed E-state index contributed by atoms with van der Waals surface area (Å²) < 4.78 is 29.9. The predicted molar refractivity (Wildman–Crippen MR) is 77.2 cm³/mol. The van der Waals surface area contributed by atoms with Crippen LogP contribution in [0.15, 0.2) is 45.5 Å². The van der Waals surface area contributed by atoms with Crippen molar-refractivity contribution in [3.05, 3.63) is 41.3 Å². The number of thiophene rings is 1. The van der Waals surface area contributed by atoms with Gasteiger partial charge in [-0.05, 0) is 23.6 Å². The number of anilines is 1. The zero-order valence-electron chi connectivity index (χ0n) is 10.9. The number of benzene rings is 1. The smallest absolute Gasteiger partial charge is 0.339 e. The molecule has 21 heavy (non-hydrogen) atoms. The monoisotopic (exact) mass is 325 g/mol. The highest BCUT2D eigenvalue weighted by atomic mass is 32.2. The van der Waals surface area contributed by atoms with Gasteiger partial charge in [-0.3, -0.25) is 4.79 Å². The Morgan fingerprint density at radius 1 is 1.24 bits per heavy atom. The topological polar surface area (TPSA) is 89.5 Å². The lowest BCUT2D eigenvalue weighted by Crippen LogP contribution is -2.11. The average molecular weight is 325 g/mol. The summed E-state index contributed by atoms with van der Waals surface area (Å²) in [7, 11) is -2.77. The summed E-state index contributed by atoms with van der Waals surface area (Å²) >= 11 is 1.08. The molecule has 110 valence electrons. The molecule has 8 heteroatoms. The van der Waals surface area contributed by atoms with Crippen molar-refractivity contribution in [2.24, 2.45) is 0 Å². The van der Waals surface area contributed by atoms with E-state index in [1.807, 2.05) is 0 Å². The number of nitrogens with one attached hydrogen (secondary N) is 1.